The van der Waals surface area contributed by atoms with Crippen molar-refractivity contribution in [3.05, 3.63) is 35.4 Å². The van der Waals surface area contributed by atoms with Crippen LogP contribution in [0.2, 0.25) is 0 Å². The summed E-state index contributed by atoms with van der Waals surface area (Å²) in [7, 11) is 0. The van der Waals surface area contributed by atoms with Crippen LogP contribution in [0.1, 0.15) is 11.1 Å². The summed E-state index contributed by atoms with van der Waals surface area (Å²) in [6.07, 6.45) is 0. The Kier molecular flexibility index (Phi) is 3.21. The molecule has 0 N–H and O–H groups in total. The molecule has 0 saturated heterocycles. The zero-order valence-corrected chi connectivity index (χ0v) is 8.71. The highest BCUT2D eigenvalue weighted by molar-refractivity contribution is 9.09. The van der Waals surface area contributed by atoms with Gasteiger partial charge in [-0.2, -0.15) is 0 Å². The first-order valence-electron chi connectivity index (χ1n) is 3.40. The van der Waals surface area contributed by atoms with Gasteiger partial charge in [-0.05, 0) is 18.1 Å². The monoisotopic (exact) mass is 228 g/mol. The minimum absolute atomic E-state index is 0.771. The first-order valence-corrected chi connectivity index (χ1v) is 4.93. The molecule has 0 spiro atoms. The van der Waals surface area contributed by atoms with Crippen LogP contribution in [0.15, 0.2) is 24.3 Å². The third-order valence-corrected chi connectivity index (χ3v) is 2.86. The predicted octanol–water partition coefficient (Wildman–Crippen LogP) is 3.11. The van der Waals surface area contributed by atoms with Gasteiger partial charge in [-0.25, -0.2) is 0 Å². The lowest BCUT2D eigenvalue weighted by Gasteiger charge is -2.02. The molecule has 0 aliphatic rings. The van der Waals surface area contributed by atoms with E-state index in [-0.39, 0.29) is 0 Å². The molecule has 1 aromatic rings. The number of rotatable bonds is 2. The SMILES string of the molecule is Cc1ccccc1C(=S)CBr. The van der Waals surface area contributed by atoms with Gasteiger partial charge < -0.3 is 0 Å². The molecule has 0 radical (unpaired) electrons. The molecule has 1 rings (SSSR count). The Morgan fingerprint density at radius 3 is 2.64 bits per heavy atom. The Labute approximate surface area is 80.8 Å². The molecule has 11 heavy (non-hydrogen) atoms. The lowest BCUT2D eigenvalue weighted by molar-refractivity contribution is 1.45. The molecule has 0 bridgehead atoms. The summed E-state index contributed by atoms with van der Waals surface area (Å²) in [4.78, 5) is 0.975. The molecule has 0 aliphatic carbocycles. The average molecular weight is 229 g/mol. The van der Waals surface area contributed by atoms with Crippen molar-refractivity contribution in [2.24, 2.45) is 0 Å². The number of alkyl halides is 1. The van der Waals surface area contributed by atoms with Crippen LogP contribution in [0, 0.1) is 6.92 Å². The van der Waals surface area contributed by atoms with Crippen molar-refractivity contribution >= 4 is 33.0 Å². The fourth-order valence-electron chi connectivity index (χ4n) is 0.958. The van der Waals surface area contributed by atoms with Crippen LogP contribution in [0.25, 0.3) is 0 Å². The maximum atomic E-state index is 5.16. The van der Waals surface area contributed by atoms with Gasteiger partial charge in [0.2, 0.25) is 0 Å². The van der Waals surface area contributed by atoms with E-state index in [1.54, 1.807) is 0 Å². The van der Waals surface area contributed by atoms with Crippen molar-refractivity contribution in [1.82, 2.24) is 0 Å². The fourth-order valence-corrected chi connectivity index (χ4v) is 1.49. The quantitative estimate of drug-likeness (QED) is 0.426. The van der Waals surface area contributed by atoms with Gasteiger partial charge in [0.15, 0.2) is 0 Å². The molecule has 0 unspecified atom stereocenters. The largest absolute Gasteiger partial charge is 0.0867 e. The highest BCUT2D eigenvalue weighted by Gasteiger charge is 2.00. The third-order valence-electron chi connectivity index (χ3n) is 1.57. The summed E-state index contributed by atoms with van der Waals surface area (Å²) in [5.74, 6) is 0. The van der Waals surface area contributed by atoms with Gasteiger partial charge in [0.25, 0.3) is 0 Å². The number of hydrogen-bond acceptors (Lipinski definition) is 1. The van der Waals surface area contributed by atoms with E-state index in [4.69, 9.17) is 12.2 Å². The van der Waals surface area contributed by atoms with Gasteiger partial charge in [-0.3, -0.25) is 0 Å². The number of hydrogen-bond donors (Lipinski definition) is 0. The average Bonchev–Trinajstić information content (AvgIpc) is 2.04. The molecule has 0 amide bonds. The van der Waals surface area contributed by atoms with Crippen molar-refractivity contribution in [2.45, 2.75) is 6.92 Å². The van der Waals surface area contributed by atoms with E-state index in [0.717, 1.165) is 10.2 Å². The van der Waals surface area contributed by atoms with Gasteiger partial charge in [0, 0.05) is 10.2 Å². The van der Waals surface area contributed by atoms with Crippen LogP contribution in [-0.2, 0) is 0 Å². The highest BCUT2D eigenvalue weighted by Crippen LogP contribution is 2.09. The second kappa shape index (κ2) is 3.98. The van der Waals surface area contributed by atoms with E-state index >= 15 is 0 Å². The van der Waals surface area contributed by atoms with Crippen molar-refractivity contribution in [3.8, 4) is 0 Å². The number of benzene rings is 1. The van der Waals surface area contributed by atoms with E-state index in [1.807, 2.05) is 12.1 Å². The summed E-state index contributed by atoms with van der Waals surface area (Å²) in [5.41, 5.74) is 2.43. The molecule has 58 valence electrons. The number of aryl methyl sites for hydroxylation is 1. The van der Waals surface area contributed by atoms with Crippen LogP contribution in [0.4, 0.5) is 0 Å². The molecule has 0 aliphatic heterocycles. The minimum Gasteiger partial charge on any atom is -0.0867 e. The maximum absolute atomic E-state index is 5.16. The van der Waals surface area contributed by atoms with E-state index in [9.17, 15) is 0 Å². The molecule has 0 nitrogen and oxygen atoms in total. The van der Waals surface area contributed by atoms with Crippen LogP contribution in [0.5, 0.6) is 0 Å². The van der Waals surface area contributed by atoms with E-state index in [2.05, 4.69) is 35.0 Å². The third kappa shape index (κ3) is 2.11. The maximum Gasteiger partial charge on any atom is 0.0391 e. The second-order valence-corrected chi connectivity index (χ2v) is 3.43. The van der Waals surface area contributed by atoms with Crippen LogP contribution >= 0.6 is 28.1 Å². The van der Waals surface area contributed by atoms with Crippen molar-refractivity contribution in [2.75, 3.05) is 5.33 Å². The molecule has 0 atom stereocenters. The summed E-state index contributed by atoms with van der Waals surface area (Å²) in [6, 6.07) is 8.16. The zero-order valence-electron chi connectivity index (χ0n) is 6.30. The normalized spacial score (nSPS) is 9.64. The van der Waals surface area contributed by atoms with Gasteiger partial charge >= 0.3 is 0 Å². The Bertz CT molecular complexity index is 268. The minimum atomic E-state index is 0.771. The van der Waals surface area contributed by atoms with Crippen molar-refractivity contribution in [3.63, 3.8) is 0 Å². The highest BCUT2D eigenvalue weighted by atomic mass is 79.9. The van der Waals surface area contributed by atoms with E-state index < -0.39 is 0 Å². The van der Waals surface area contributed by atoms with E-state index in [0.29, 0.717) is 0 Å². The second-order valence-electron chi connectivity index (χ2n) is 2.37. The Morgan fingerprint density at radius 1 is 1.45 bits per heavy atom. The topological polar surface area (TPSA) is 0 Å². The summed E-state index contributed by atoms with van der Waals surface area (Å²) in [5, 5.41) is 0.771. The van der Waals surface area contributed by atoms with Gasteiger partial charge in [0.05, 0.1) is 0 Å². The molecular weight excluding hydrogens is 220 g/mol. The van der Waals surface area contributed by atoms with Crippen LogP contribution < -0.4 is 0 Å². The summed E-state index contributed by atoms with van der Waals surface area (Å²) in [6.45, 7) is 2.07. The van der Waals surface area contributed by atoms with Gasteiger partial charge in [-0.1, -0.05) is 52.4 Å². The first-order chi connectivity index (χ1) is 5.25. The Balaban J connectivity index is 3.03. The number of thiocarbonyl (C=S) groups is 1. The van der Waals surface area contributed by atoms with Crippen LogP contribution in [-0.4, -0.2) is 10.2 Å². The smallest absolute Gasteiger partial charge is 0.0391 e. The molecule has 0 heterocycles. The predicted molar refractivity (Wildman–Crippen MR) is 56.7 cm³/mol. The molecule has 1 aromatic carbocycles. The zero-order chi connectivity index (χ0) is 8.27. The Morgan fingerprint density at radius 2 is 2.09 bits per heavy atom. The standard InChI is InChI=1S/C9H9BrS/c1-7-4-2-3-5-8(7)9(11)6-10/h2-5H,6H2,1H3. The lowest BCUT2D eigenvalue weighted by Crippen LogP contribution is -1.99. The van der Waals surface area contributed by atoms with Crippen molar-refractivity contribution in [1.29, 1.82) is 0 Å². The Hall–Kier alpha value is -0.210. The number of halogens is 1. The van der Waals surface area contributed by atoms with Gasteiger partial charge in [-0.15, -0.1) is 0 Å². The summed E-state index contributed by atoms with van der Waals surface area (Å²) >= 11 is 8.51. The lowest BCUT2D eigenvalue weighted by atomic mass is 10.1. The fraction of sp³-hybridized carbons (Fsp3) is 0.222. The molecule has 0 aromatic heterocycles. The van der Waals surface area contributed by atoms with Gasteiger partial charge in [0.1, 0.15) is 0 Å². The molecule has 0 saturated carbocycles. The van der Waals surface area contributed by atoms with E-state index in [1.165, 1.54) is 11.1 Å². The molecular formula is C9H9BrS. The molecule has 0 fully saturated rings. The summed E-state index contributed by atoms with van der Waals surface area (Å²) < 4.78 is 0. The molecule has 2 heteroatoms. The van der Waals surface area contributed by atoms with Crippen molar-refractivity contribution < 1.29 is 0 Å². The van der Waals surface area contributed by atoms with Crippen LogP contribution in [0.3, 0.4) is 0 Å². The first kappa shape index (κ1) is 8.88.